The average molecular weight is 141 g/mol. The Labute approximate surface area is 62.5 Å². The van der Waals surface area contributed by atoms with E-state index in [4.69, 9.17) is 0 Å². The zero-order chi connectivity index (χ0) is 8.15. The van der Waals surface area contributed by atoms with Crippen molar-refractivity contribution in [3.63, 3.8) is 0 Å². The Morgan fingerprint density at radius 1 is 1.40 bits per heavy atom. The Balaban J connectivity index is 3.79. The molecule has 0 saturated carbocycles. The summed E-state index contributed by atoms with van der Waals surface area (Å²) in [5.41, 5.74) is 0. The first-order valence-corrected chi connectivity index (χ1v) is 3.43. The summed E-state index contributed by atoms with van der Waals surface area (Å²) in [5, 5.41) is 0. The number of carbonyl (C=O) groups is 1. The van der Waals surface area contributed by atoms with Gasteiger partial charge in [-0.2, -0.15) is 0 Å². The predicted molar refractivity (Wildman–Crippen MR) is 42.7 cm³/mol. The fraction of sp³-hybridized carbons (Fsp3) is 0.625. The van der Waals surface area contributed by atoms with E-state index in [2.05, 4.69) is 0 Å². The van der Waals surface area contributed by atoms with Gasteiger partial charge in [-0.25, -0.2) is 0 Å². The molecule has 10 heavy (non-hydrogen) atoms. The maximum atomic E-state index is 10.9. The molecule has 0 unspecified atom stereocenters. The molecule has 58 valence electrons. The van der Waals surface area contributed by atoms with Crippen molar-refractivity contribution < 1.29 is 4.79 Å². The Bertz CT molecular complexity index is 136. The van der Waals surface area contributed by atoms with Crippen molar-refractivity contribution in [2.24, 2.45) is 5.92 Å². The number of allylic oxidation sites excluding steroid dienone is 1. The molecule has 0 N–H and O–H groups in total. The summed E-state index contributed by atoms with van der Waals surface area (Å²) < 4.78 is 0. The first-order chi connectivity index (χ1) is 4.54. The summed E-state index contributed by atoms with van der Waals surface area (Å²) in [4.78, 5) is 12.4. The SMILES string of the molecule is CC(C)C=CC(=O)N(C)C. The van der Waals surface area contributed by atoms with Crippen molar-refractivity contribution in [2.45, 2.75) is 13.8 Å². The molecular weight excluding hydrogens is 126 g/mol. The third-order valence-corrected chi connectivity index (χ3v) is 1.06. The number of hydrogen-bond donors (Lipinski definition) is 0. The van der Waals surface area contributed by atoms with Crippen molar-refractivity contribution in [3.8, 4) is 0 Å². The molecule has 1 amide bonds. The maximum absolute atomic E-state index is 10.9. The van der Waals surface area contributed by atoms with Gasteiger partial charge in [0.25, 0.3) is 0 Å². The predicted octanol–water partition coefficient (Wildman–Crippen LogP) is 1.29. The summed E-state index contributed by atoms with van der Waals surface area (Å²) in [6, 6.07) is 0. The van der Waals surface area contributed by atoms with Gasteiger partial charge in [-0.3, -0.25) is 4.79 Å². The lowest BCUT2D eigenvalue weighted by Crippen LogP contribution is -2.18. The second-order valence-electron chi connectivity index (χ2n) is 2.84. The van der Waals surface area contributed by atoms with E-state index in [0.29, 0.717) is 5.92 Å². The molecule has 0 spiro atoms. The van der Waals surface area contributed by atoms with Gasteiger partial charge in [-0.05, 0) is 12.0 Å². The van der Waals surface area contributed by atoms with Crippen molar-refractivity contribution in [2.75, 3.05) is 14.1 Å². The van der Waals surface area contributed by atoms with E-state index in [-0.39, 0.29) is 5.91 Å². The average Bonchev–Trinajstić information content (AvgIpc) is 1.82. The largest absolute Gasteiger partial charge is 0.345 e. The highest BCUT2D eigenvalue weighted by molar-refractivity contribution is 5.87. The number of amides is 1. The lowest BCUT2D eigenvalue weighted by molar-refractivity contribution is -0.123. The van der Waals surface area contributed by atoms with Gasteiger partial charge in [0.05, 0.1) is 0 Å². The van der Waals surface area contributed by atoms with Crippen LogP contribution in [0.3, 0.4) is 0 Å². The quantitative estimate of drug-likeness (QED) is 0.530. The minimum atomic E-state index is 0.0497. The van der Waals surface area contributed by atoms with Gasteiger partial charge in [0.2, 0.25) is 5.91 Å². The number of rotatable bonds is 2. The van der Waals surface area contributed by atoms with Crippen LogP contribution in [0.5, 0.6) is 0 Å². The van der Waals surface area contributed by atoms with E-state index in [0.717, 1.165) is 0 Å². The van der Waals surface area contributed by atoms with Crippen molar-refractivity contribution in [1.82, 2.24) is 4.90 Å². The first kappa shape index (κ1) is 9.21. The van der Waals surface area contributed by atoms with Crippen molar-refractivity contribution >= 4 is 5.91 Å². The summed E-state index contributed by atoms with van der Waals surface area (Å²) in [7, 11) is 3.49. The molecule has 0 aliphatic carbocycles. The summed E-state index contributed by atoms with van der Waals surface area (Å²) in [6.07, 6.45) is 3.49. The van der Waals surface area contributed by atoms with Gasteiger partial charge in [-0.15, -0.1) is 0 Å². The van der Waals surface area contributed by atoms with E-state index in [9.17, 15) is 4.79 Å². The molecule has 0 aliphatic heterocycles. The zero-order valence-corrected chi connectivity index (χ0v) is 7.09. The van der Waals surface area contributed by atoms with E-state index in [1.807, 2.05) is 19.9 Å². The van der Waals surface area contributed by atoms with Gasteiger partial charge in [-0.1, -0.05) is 19.9 Å². The molecule has 0 aliphatic rings. The molecule has 2 nitrogen and oxygen atoms in total. The van der Waals surface area contributed by atoms with Crippen molar-refractivity contribution in [3.05, 3.63) is 12.2 Å². The summed E-state index contributed by atoms with van der Waals surface area (Å²) in [6.45, 7) is 4.08. The number of nitrogens with zero attached hydrogens (tertiary/aromatic N) is 1. The summed E-state index contributed by atoms with van der Waals surface area (Å²) in [5.74, 6) is 0.498. The van der Waals surface area contributed by atoms with Gasteiger partial charge >= 0.3 is 0 Å². The minimum absolute atomic E-state index is 0.0497. The van der Waals surface area contributed by atoms with Crippen LogP contribution in [0, 0.1) is 5.92 Å². The Kier molecular flexibility index (Phi) is 3.77. The molecule has 0 heterocycles. The highest BCUT2D eigenvalue weighted by Gasteiger charge is 1.95. The Morgan fingerprint density at radius 2 is 1.90 bits per heavy atom. The Morgan fingerprint density at radius 3 is 2.20 bits per heavy atom. The van der Waals surface area contributed by atoms with Crippen LogP contribution in [0.4, 0.5) is 0 Å². The molecule has 0 aromatic carbocycles. The fourth-order valence-electron chi connectivity index (χ4n) is 0.424. The molecular formula is C8H15NO. The van der Waals surface area contributed by atoms with Gasteiger partial charge in [0, 0.05) is 14.1 Å². The molecule has 0 rings (SSSR count). The van der Waals surface area contributed by atoms with Gasteiger partial charge in [0.15, 0.2) is 0 Å². The second-order valence-corrected chi connectivity index (χ2v) is 2.84. The van der Waals surface area contributed by atoms with Crippen LogP contribution in [-0.2, 0) is 4.79 Å². The summed E-state index contributed by atoms with van der Waals surface area (Å²) >= 11 is 0. The van der Waals surface area contributed by atoms with Crippen LogP contribution >= 0.6 is 0 Å². The first-order valence-electron chi connectivity index (χ1n) is 3.43. The standard InChI is InChI=1S/C8H15NO/c1-7(2)5-6-8(10)9(3)4/h5-7H,1-4H3. The van der Waals surface area contributed by atoms with Crippen LogP contribution in [0.15, 0.2) is 12.2 Å². The Hall–Kier alpha value is -0.790. The van der Waals surface area contributed by atoms with Crippen LogP contribution < -0.4 is 0 Å². The molecule has 0 saturated heterocycles. The molecule has 0 fully saturated rings. The third-order valence-electron chi connectivity index (χ3n) is 1.06. The van der Waals surface area contributed by atoms with E-state index >= 15 is 0 Å². The highest BCUT2D eigenvalue weighted by atomic mass is 16.2. The van der Waals surface area contributed by atoms with Crippen LogP contribution in [-0.4, -0.2) is 24.9 Å². The van der Waals surface area contributed by atoms with Crippen LogP contribution in [0.2, 0.25) is 0 Å². The third kappa shape index (κ3) is 4.13. The molecule has 0 aromatic rings. The van der Waals surface area contributed by atoms with E-state index in [1.165, 1.54) is 0 Å². The van der Waals surface area contributed by atoms with E-state index in [1.54, 1.807) is 25.1 Å². The normalized spacial score (nSPS) is 10.9. The van der Waals surface area contributed by atoms with Crippen molar-refractivity contribution in [1.29, 1.82) is 0 Å². The number of hydrogen-bond acceptors (Lipinski definition) is 1. The topological polar surface area (TPSA) is 20.3 Å². The van der Waals surface area contributed by atoms with E-state index < -0.39 is 0 Å². The smallest absolute Gasteiger partial charge is 0.245 e. The lowest BCUT2D eigenvalue weighted by atomic mass is 10.2. The monoisotopic (exact) mass is 141 g/mol. The van der Waals surface area contributed by atoms with Gasteiger partial charge < -0.3 is 4.90 Å². The lowest BCUT2D eigenvalue weighted by Gasteiger charge is -2.05. The fourth-order valence-corrected chi connectivity index (χ4v) is 0.424. The zero-order valence-electron chi connectivity index (χ0n) is 7.09. The van der Waals surface area contributed by atoms with Crippen LogP contribution in [0.1, 0.15) is 13.8 Å². The molecule has 0 atom stereocenters. The molecule has 0 aromatic heterocycles. The molecule has 2 heteroatoms. The second kappa shape index (κ2) is 4.09. The molecule has 0 bridgehead atoms. The number of likely N-dealkylation sites (N-methyl/N-ethyl adjacent to an activating group) is 1. The van der Waals surface area contributed by atoms with Gasteiger partial charge in [0.1, 0.15) is 0 Å². The maximum Gasteiger partial charge on any atom is 0.245 e. The highest BCUT2D eigenvalue weighted by Crippen LogP contribution is 1.93. The van der Waals surface area contributed by atoms with Crippen LogP contribution in [0.25, 0.3) is 0 Å². The minimum Gasteiger partial charge on any atom is -0.345 e. The molecule has 0 radical (unpaired) electrons. The number of carbonyl (C=O) groups excluding carboxylic acids is 1.